The molecule has 30 heavy (non-hydrogen) atoms. The highest BCUT2D eigenvalue weighted by Gasteiger charge is 2.37. The Labute approximate surface area is 172 Å². The van der Waals surface area contributed by atoms with Crippen molar-refractivity contribution in [3.05, 3.63) is 34.9 Å². The van der Waals surface area contributed by atoms with Crippen LogP contribution >= 0.6 is 0 Å². The molecule has 1 unspecified atom stereocenters. The Morgan fingerprint density at radius 3 is 2.47 bits per heavy atom. The maximum atomic E-state index is 13.7. The summed E-state index contributed by atoms with van der Waals surface area (Å²) in [6.07, 6.45) is 0.396. The van der Waals surface area contributed by atoms with Crippen LogP contribution in [0.2, 0.25) is 0 Å². The van der Waals surface area contributed by atoms with E-state index in [0.717, 1.165) is 38.3 Å². The summed E-state index contributed by atoms with van der Waals surface area (Å²) in [6.45, 7) is 2.58. The molecule has 0 saturated carbocycles. The minimum atomic E-state index is -3.74. The molecule has 0 N–H and O–H groups in total. The second kappa shape index (κ2) is 8.37. The van der Waals surface area contributed by atoms with Gasteiger partial charge in [0.15, 0.2) is 16.0 Å². The van der Waals surface area contributed by atoms with Crippen LogP contribution in [0.25, 0.3) is 11.4 Å². The Kier molecular flexibility index (Phi) is 6.21. The van der Waals surface area contributed by atoms with Crippen molar-refractivity contribution in [2.45, 2.75) is 50.2 Å². The summed E-state index contributed by atoms with van der Waals surface area (Å²) in [5.41, 5.74) is -0.898. The van der Waals surface area contributed by atoms with Gasteiger partial charge in [0.2, 0.25) is 0 Å². The third-order valence-corrected chi connectivity index (χ3v) is 6.83. The summed E-state index contributed by atoms with van der Waals surface area (Å²) < 4.78 is 66.1. The number of alkyl halides is 3. The van der Waals surface area contributed by atoms with Gasteiger partial charge in [-0.15, -0.1) is 0 Å². The van der Waals surface area contributed by atoms with E-state index in [4.69, 9.17) is 0 Å². The van der Waals surface area contributed by atoms with Crippen molar-refractivity contribution in [1.29, 1.82) is 0 Å². The first-order valence-electron chi connectivity index (χ1n) is 9.62. The Balaban J connectivity index is 2.08. The second-order valence-corrected chi connectivity index (χ2v) is 9.48. The summed E-state index contributed by atoms with van der Waals surface area (Å²) in [4.78, 5) is 22.7. The number of rotatable bonds is 7. The molecule has 3 rings (SSSR count). The molecule has 2 aromatic rings. The van der Waals surface area contributed by atoms with Gasteiger partial charge >= 0.3 is 0 Å². The fourth-order valence-electron chi connectivity index (χ4n) is 3.18. The van der Waals surface area contributed by atoms with Crippen LogP contribution in [0.3, 0.4) is 0 Å². The number of sulfone groups is 1. The molecule has 1 atom stereocenters. The largest absolute Gasteiger partial charge is 0.357 e. The lowest BCUT2D eigenvalue weighted by atomic mass is 10.2. The summed E-state index contributed by atoms with van der Waals surface area (Å²) >= 11 is 0. The maximum absolute atomic E-state index is 13.7. The molecule has 164 valence electrons. The quantitative estimate of drug-likeness (QED) is 0.653. The van der Waals surface area contributed by atoms with E-state index in [1.807, 2.05) is 4.90 Å². The smallest absolute Gasteiger partial charge is 0.295 e. The average Bonchev–Trinajstić information content (AvgIpc) is 3.23. The summed E-state index contributed by atoms with van der Waals surface area (Å²) in [5.74, 6) is -3.36. The van der Waals surface area contributed by atoms with Crippen LogP contribution in [0.4, 0.5) is 19.0 Å². The molecular weight excluding hydrogens is 421 g/mol. The van der Waals surface area contributed by atoms with E-state index in [1.165, 1.54) is 13.0 Å². The zero-order valence-electron chi connectivity index (χ0n) is 16.7. The van der Waals surface area contributed by atoms with Crippen molar-refractivity contribution >= 4 is 15.7 Å². The van der Waals surface area contributed by atoms with E-state index in [0.29, 0.717) is 17.3 Å². The van der Waals surface area contributed by atoms with Gasteiger partial charge in [0.1, 0.15) is 11.5 Å². The van der Waals surface area contributed by atoms with Gasteiger partial charge in [0.05, 0.1) is 29.2 Å². The van der Waals surface area contributed by atoms with E-state index >= 15 is 0 Å². The van der Waals surface area contributed by atoms with E-state index < -0.39 is 34.0 Å². The molecule has 0 aliphatic carbocycles. The second-order valence-electron chi connectivity index (χ2n) is 7.23. The zero-order chi connectivity index (χ0) is 22.1. The fraction of sp³-hybridized carbons (Fsp3) is 0.526. The summed E-state index contributed by atoms with van der Waals surface area (Å²) in [6, 6.07) is 3.99. The summed E-state index contributed by atoms with van der Waals surface area (Å²) in [5, 5.41) is 0. The number of hydrogen-bond donors (Lipinski definition) is 0. The molecule has 0 bridgehead atoms. The lowest BCUT2D eigenvalue weighted by Gasteiger charge is -2.19. The third-order valence-electron chi connectivity index (χ3n) is 5.07. The average molecular weight is 444 g/mol. The van der Waals surface area contributed by atoms with E-state index in [2.05, 4.69) is 9.97 Å². The molecule has 1 aliphatic rings. The lowest BCUT2D eigenvalue weighted by Crippen LogP contribution is -2.37. The van der Waals surface area contributed by atoms with E-state index in [1.54, 1.807) is 6.07 Å². The Morgan fingerprint density at radius 1 is 1.23 bits per heavy atom. The molecule has 7 nitrogen and oxygen atoms in total. The number of aromatic nitrogens is 3. The molecule has 11 heteroatoms. The first kappa shape index (κ1) is 22.3. The standard InChI is InChI=1S/C19H23F3N4O3S/c1-3-30(28,29)15-6-7-16(25-8-4-5-9-25)24-18(15)14-10-17(27)26(12-23-14)11-19(21,22)13(2)20/h6-7,10,12-13H,3-5,8-9,11H2,1-2H3. The molecule has 3 heterocycles. The Bertz CT molecular complexity index is 1080. The number of anilines is 1. The van der Waals surface area contributed by atoms with E-state index in [-0.39, 0.29) is 22.0 Å². The van der Waals surface area contributed by atoms with Crippen molar-refractivity contribution < 1.29 is 21.6 Å². The predicted molar refractivity (Wildman–Crippen MR) is 106 cm³/mol. The van der Waals surface area contributed by atoms with Crippen LogP contribution in [0.15, 0.2) is 34.2 Å². The van der Waals surface area contributed by atoms with E-state index in [9.17, 15) is 26.4 Å². The van der Waals surface area contributed by atoms with Gasteiger partial charge in [-0.3, -0.25) is 9.36 Å². The van der Waals surface area contributed by atoms with Crippen LogP contribution in [0.5, 0.6) is 0 Å². The fourth-order valence-corrected chi connectivity index (χ4v) is 4.21. The van der Waals surface area contributed by atoms with Gasteiger partial charge in [-0.05, 0) is 31.9 Å². The predicted octanol–water partition coefficient (Wildman–Crippen LogP) is 2.69. The van der Waals surface area contributed by atoms with Crippen molar-refractivity contribution in [2.75, 3.05) is 23.7 Å². The van der Waals surface area contributed by atoms with Gasteiger partial charge in [-0.2, -0.15) is 0 Å². The minimum Gasteiger partial charge on any atom is -0.357 e. The van der Waals surface area contributed by atoms with Crippen molar-refractivity contribution in [3.63, 3.8) is 0 Å². The monoisotopic (exact) mass is 444 g/mol. The third kappa shape index (κ3) is 4.50. The molecule has 0 spiro atoms. The molecule has 0 radical (unpaired) electrons. The first-order valence-corrected chi connectivity index (χ1v) is 11.3. The Hall–Kier alpha value is -2.43. The first-order chi connectivity index (χ1) is 14.0. The highest BCUT2D eigenvalue weighted by Crippen LogP contribution is 2.29. The highest BCUT2D eigenvalue weighted by atomic mass is 32.2. The van der Waals surface area contributed by atoms with Crippen LogP contribution < -0.4 is 10.5 Å². The molecule has 1 fully saturated rings. The zero-order valence-corrected chi connectivity index (χ0v) is 17.5. The van der Waals surface area contributed by atoms with Gasteiger partial charge in [0, 0.05) is 19.2 Å². The van der Waals surface area contributed by atoms with Crippen LogP contribution in [0.1, 0.15) is 26.7 Å². The lowest BCUT2D eigenvalue weighted by molar-refractivity contribution is -0.0786. The molecule has 2 aromatic heterocycles. The SMILES string of the molecule is CCS(=O)(=O)c1ccc(N2CCCC2)nc1-c1cc(=O)n(CC(F)(F)C(C)F)cn1. The molecule has 0 amide bonds. The summed E-state index contributed by atoms with van der Waals surface area (Å²) in [7, 11) is -3.68. The van der Waals surface area contributed by atoms with Crippen LogP contribution in [0, 0.1) is 0 Å². The highest BCUT2D eigenvalue weighted by molar-refractivity contribution is 7.91. The number of hydrogen-bond acceptors (Lipinski definition) is 6. The van der Waals surface area contributed by atoms with Crippen LogP contribution in [-0.2, 0) is 16.4 Å². The van der Waals surface area contributed by atoms with Crippen molar-refractivity contribution in [2.24, 2.45) is 0 Å². The number of halogens is 3. The van der Waals surface area contributed by atoms with Crippen LogP contribution in [-0.4, -0.2) is 53.9 Å². The van der Waals surface area contributed by atoms with Crippen molar-refractivity contribution in [3.8, 4) is 11.4 Å². The van der Waals surface area contributed by atoms with Crippen molar-refractivity contribution in [1.82, 2.24) is 14.5 Å². The normalized spacial score (nSPS) is 16.1. The number of pyridine rings is 1. The molecular formula is C19H23F3N4O3S. The Morgan fingerprint density at radius 2 is 1.90 bits per heavy atom. The topological polar surface area (TPSA) is 85.2 Å². The molecule has 1 saturated heterocycles. The maximum Gasteiger partial charge on any atom is 0.295 e. The molecule has 1 aliphatic heterocycles. The number of nitrogens with zero attached hydrogens (tertiary/aromatic N) is 4. The van der Waals surface area contributed by atoms with Gasteiger partial charge in [-0.1, -0.05) is 6.92 Å². The van der Waals surface area contributed by atoms with Gasteiger partial charge in [0.25, 0.3) is 11.5 Å². The minimum absolute atomic E-state index is 0.00359. The molecule has 0 aromatic carbocycles. The van der Waals surface area contributed by atoms with Gasteiger partial charge < -0.3 is 4.90 Å². The van der Waals surface area contributed by atoms with Gasteiger partial charge in [-0.25, -0.2) is 31.6 Å².